The minimum absolute atomic E-state index is 0.324. The summed E-state index contributed by atoms with van der Waals surface area (Å²) < 4.78 is 0. The van der Waals surface area contributed by atoms with Gasteiger partial charge in [-0.2, -0.15) is 0 Å². The molecule has 0 spiro atoms. The number of pyridine rings is 1. The lowest BCUT2D eigenvalue weighted by molar-refractivity contribution is 0.0696. The van der Waals surface area contributed by atoms with Gasteiger partial charge in [-0.1, -0.05) is 33.1 Å². The number of nitrogens with one attached hydrogen (secondary N) is 1. The van der Waals surface area contributed by atoms with E-state index in [9.17, 15) is 4.79 Å². The van der Waals surface area contributed by atoms with Crippen molar-refractivity contribution in [2.75, 3.05) is 11.9 Å². The minimum atomic E-state index is -0.887. The van der Waals surface area contributed by atoms with Gasteiger partial charge in [0.25, 0.3) is 0 Å². The summed E-state index contributed by atoms with van der Waals surface area (Å²) >= 11 is 0. The first kappa shape index (κ1) is 14.8. The van der Waals surface area contributed by atoms with Crippen LogP contribution in [0.25, 0.3) is 0 Å². The summed E-state index contributed by atoms with van der Waals surface area (Å²) in [4.78, 5) is 15.7. The summed E-state index contributed by atoms with van der Waals surface area (Å²) in [5, 5.41) is 12.5. The van der Waals surface area contributed by atoms with Crippen molar-refractivity contribution in [3.63, 3.8) is 0 Å². The molecule has 1 aromatic rings. The lowest BCUT2D eigenvalue weighted by atomic mass is 9.98. The normalized spacial score (nSPS) is 21.9. The number of rotatable bonds is 6. The molecule has 1 aromatic heterocycles. The summed E-state index contributed by atoms with van der Waals surface area (Å²) in [5.41, 5.74) is 1.18. The van der Waals surface area contributed by atoms with Crippen LogP contribution in [0.15, 0.2) is 12.1 Å². The van der Waals surface area contributed by atoms with Gasteiger partial charge < -0.3 is 10.4 Å². The molecule has 2 atom stereocenters. The number of nitrogens with zero attached hydrogens (tertiary/aromatic N) is 1. The molecule has 110 valence electrons. The van der Waals surface area contributed by atoms with Gasteiger partial charge in [0, 0.05) is 12.2 Å². The standard InChI is InChI=1S/C16H24N2O2/c1-3-5-14-8-13(16(19)20)9-15(18-14)17-10-12-7-4-6-11(12)2/h8-9,11-12H,3-7,10H2,1-2H3,(H,17,18)(H,19,20). The van der Waals surface area contributed by atoms with Gasteiger partial charge >= 0.3 is 5.97 Å². The summed E-state index contributed by atoms with van der Waals surface area (Å²) in [5.74, 6) is 1.25. The number of aromatic nitrogens is 1. The zero-order chi connectivity index (χ0) is 14.5. The average Bonchev–Trinajstić information content (AvgIpc) is 2.82. The molecule has 1 saturated carbocycles. The molecule has 2 N–H and O–H groups in total. The topological polar surface area (TPSA) is 62.2 Å². The highest BCUT2D eigenvalue weighted by Gasteiger charge is 2.23. The van der Waals surface area contributed by atoms with Crippen LogP contribution in [0.1, 0.15) is 55.6 Å². The molecule has 0 saturated heterocycles. The van der Waals surface area contributed by atoms with Crippen molar-refractivity contribution in [3.05, 3.63) is 23.4 Å². The van der Waals surface area contributed by atoms with Crippen LogP contribution in [0.3, 0.4) is 0 Å². The molecule has 0 aliphatic heterocycles. The van der Waals surface area contributed by atoms with E-state index < -0.39 is 5.97 Å². The number of carboxylic acids is 1. The number of hydrogen-bond donors (Lipinski definition) is 2. The van der Waals surface area contributed by atoms with Crippen molar-refractivity contribution in [2.45, 2.75) is 46.0 Å². The van der Waals surface area contributed by atoms with Gasteiger partial charge in [0.1, 0.15) is 5.82 Å². The Labute approximate surface area is 120 Å². The molecule has 1 aliphatic carbocycles. The van der Waals surface area contributed by atoms with Gasteiger partial charge in [0.2, 0.25) is 0 Å². The first-order valence-electron chi connectivity index (χ1n) is 7.58. The molecule has 0 bridgehead atoms. The van der Waals surface area contributed by atoms with Crippen LogP contribution >= 0.6 is 0 Å². The SMILES string of the molecule is CCCc1cc(C(=O)O)cc(NCC2CCCC2C)n1. The zero-order valence-electron chi connectivity index (χ0n) is 12.4. The fourth-order valence-electron chi connectivity index (χ4n) is 2.95. The molecule has 1 heterocycles. The van der Waals surface area contributed by atoms with Gasteiger partial charge in [0.15, 0.2) is 0 Å². The van der Waals surface area contributed by atoms with Crippen LogP contribution in [0.5, 0.6) is 0 Å². The number of aryl methyl sites for hydroxylation is 1. The minimum Gasteiger partial charge on any atom is -0.478 e. The highest BCUT2D eigenvalue weighted by molar-refractivity contribution is 5.88. The summed E-state index contributed by atoms with van der Waals surface area (Å²) in [6.07, 6.45) is 5.65. The fourth-order valence-corrected chi connectivity index (χ4v) is 2.95. The molecule has 4 nitrogen and oxygen atoms in total. The smallest absolute Gasteiger partial charge is 0.335 e. The average molecular weight is 276 g/mol. The van der Waals surface area contributed by atoms with E-state index in [1.807, 2.05) is 0 Å². The molecule has 2 rings (SSSR count). The van der Waals surface area contributed by atoms with E-state index in [1.54, 1.807) is 12.1 Å². The Balaban J connectivity index is 2.07. The number of carboxylic acid groups (broad SMARTS) is 1. The zero-order valence-corrected chi connectivity index (χ0v) is 12.4. The quantitative estimate of drug-likeness (QED) is 0.833. The van der Waals surface area contributed by atoms with E-state index in [0.29, 0.717) is 17.3 Å². The lowest BCUT2D eigenvalue weighted by Gasteiger charge is -2.17. The van der Waals surface area contributed by atoms with E-state index in [4.69, 9.17) is 5.11 Å². The Morgan fingerprint density at radius 1 is 1.45 bits per heavy atom. The van der Waals surface area contributed by atoms with Gasteiger partial charge in [-0.05, 0) is 36.8 Å². The van der Waals surface area contributed by atoms with Crippen molar-refractivity contribution < 1.29 is 9.90 Å². The van der Waals surface area contributed by atoms with E-state index in [1.165, 1.54) is 19.3 Å². The maximum atomic E-state index is 11.2. The molecule has 0 amide bonds. The van der Waals surface area contributed by atoms with E-state index >= 15 is 0 Å². The molecule has 0 aromatic carbocycles. The van der Waals surface area contributed by atoms with Gasteiger partial charge in [-0.15, -0.1) is 0 Å². The van der Waals surface area contributed by atoms with Crippen molar-refractivity contribution in [2.24, 2.45) is 11.8 Å². The van der Waals surface area contributed by atoms with E-state index in [-0.39, 0.29) is 0 Å². The van der Waals surface area contributed by atoms with Crippen LogP contribution in [0, 0.1) is 11.8 Å². The monoisotopic (exact) mass is 276 g/mol. The molecule has 4 heteroatoms. The second kappa shape index (κ2) is 6.73. The molecule has 2 unspecified atom stereocenters. The Morgan fingerprint density at radius 2 is 2.25 bits per heavy atom. The fraction of sp³-hybridized carbons (Fsp3) is 0.625. The third kappa shape index (κ3) is 3.71. The number of carbonyl (C=O) groups is 1. The summed E-state index contributed by atoms with van der Waals surface area (Å²) in [7, 11) is 0. The molecule has 0 radical (unpaired) electrons. The van der Waals surface area contributed by atoms with Gasteiger partial charge in [-0.25, -0.2) is 9.78 Å². The number of hydrogen-bond acceptors (Lipinski definition) is 3. The van der Waals surface area contributed by atoms with Crippen molar-refractivity contribution in [1.82, 2.24) is 4.98 Å². The highest BCUT2D eigenvalue weighted by atomic mass is 16.4. The molecule has 1 aliphatic rings. The van der Waals surface area contributed by atoms with Crippen LogP contribution < -0.4 is 5.32 Å². The first-order chi connectivity index (χ1) is 9.60. The van der Waals surface area contributed by atoms with Gasteiger partial charge in [0.05, 0.1) is 5.56 Å². The Kier molecular flexibility index (Phi) is 4.99. The maximum absolute atomic E-state index is 11.2. The Hall–Kier alpha value is -1.58. The van der Waals surface area contributed by atoms with Crippen LogP contribution in [-0.2, 0) is 6.42 Å². The predicted octanol–water partition coefficient (Wildman–Crippen LogP) is 3.58. The lowest BCUT2D eigenvalue weighted by Crippen LogP contribution is -2.17. The van der Waals surface area contributed by atoms with Gasteiger partial charge in [-0.3, -0.25) is 0 Å². The maximum Gasteiger partial charge on any atom is 0.335 e. The predicted molar refractivity (Wildman–Crippen MR) is 80.2 cm³/mol. The summed E-state index contributed by atoms with van der Waals surface area (Å²) in [6.45, 7) is 5.26. The first-order valence-corrected chi connectivity index (χ1v) is 7.58. The van der Waals surface area contributed by atoms with Crippen LogP contribution in [0.4, 0.5) is 5.82 Å². The second-order valence-electron chi connectivity index (χ2n) is 5.84. The number of aromatic carboxylic acids is 1. The Bertz CT molecular complexity index is 474. The third-order valence-corrected chi connectivity index (χ3v) is 4.22. The van der Waals surface area contributed by atoms with Crippen molar-refractivity contribution >= 4 is 11.8 Å². The third-order valence-electron chi connectivity index (χ3n) is 4.22. The molecular weight excluding hydrogens is 252 g/mol. The van der Waals surface area contributed by atoms with Crippen LogP contribution in [-0.4, -0.2) is 22.6 Å². The summed E-state index contributed by atoms with van der Waals surface area (Å²) in [6, 6.07) is 3.32. The van der Waals surface area contributed by atoms with Crippen LogP contribution in [0.2, 0.25) is 0 Å². The Morgan fingerprint density at radius 3 is 2.85 bits per heavy atom. The second-order valence-corrected chi connectivity index (χ2v) is 5.84. The van der Waals surface area contributed by atoms with E-state index in [2.05, 4.69) is 24.1 Å². The van der Waals surface area contributed by atoms with E-state index in [0.717, 1.165) is 31.0 Å². The molecule has 20 heavy (non-hydrogen) atoms. The van der Waals surface area contributed by atoms with Crippen molar-refractivity contribution in [3.8, 4) is 0 Å². The highest BCUT2D eigenvalue weighted by Crippen LogP contribution is 2.31. The molecule has 1 fully saturated rings. The largest absolute Gasteiger partial charge is 0.478 e. The molecular formula is C16H24N2O2. The van der Waals surface area contributed by atoms with Crippen molar-refractivity contribution in [1.29, 1.82) is 0 Å². The number of anilines is 1.